The van der Waals surface area contributed by atoms with E-state index in [1.165, 1.54) is 35.9 Å². The molecule has 2 saturated heterocycles. The number of nitrogens with zero attached hydrogens (tertiary/aromatic N) is 3. The molecule has 3 aromatic rings. The van der Waals surface area contributed by atoms with Gasteiger partial charge in [0.05, 0.1) is 0 Å². The van der Waals surface area contributed by atoms with Crippen molar-refractivity contribution < 1.29 is 4.79 Å². The first-order valence-electron chi connectivity index (χ1n) is 9.25. The number of nitrogens with two attached hydrogens (primary N) is 1. The first kappa shape index (κ1) is 16.0. The highest BCUT2D eigenvalue weighted by Crippen LogP contribution is 2.42. The molecule has 134 valence electrons. The predicted octanol–water partition coefficient (Wildman–Crippen LogP) is 3.56. The zero-order valence-electron chi connectivity index (χ0n) is 14.5. The Balaban J connectivity index is 1.42. The van der Waals surface area contributed by atoms with Crippen molar-refractivity contribution in [3.8, 4) is 0 Å². The van der Waals surface area contributed by atoms with Crippen LogP contribution in [0.3, 0.4) is 0 Å². The molecule has 1 amide bonds. The van der Waals surface area contributed by atoms with Crippen LogP contribution >= 0.6 is 11.5 Å². The fourth-order valence-electron chi connectivity index (χ4n) is 4.86. The number of aromatic nitrogens is 2. The Labute approximate surface area is 156 Å². The van der Waals surface area contributed by atoms with E-state index in [4.69, 9.17) is 5.73 Å². The minimum absolute atomic E-state index is 0.362. The smallest absolute Gasteiger partial charge is 0.248 e. The van der Waals surface area contributed by atoms with E-state index in [0.29, 0.717) is 23.7 Å². The number of rotatable bonds is 4. The van der Waals surface area contributed by atoms with Crippen LogP contribution in [0.15, 0.2) is 42.7 Å². The number of primary amides is 1. The number of benzene rings is 1. The predicted molar refractivity (Wildman–Crippen MR) is 103 cm³/mol. The maximum atomic E-state index is 11.6. The van der Waals surface area contributed by atoms with Gasteiger partial charge in [0.2, 0.25) is 5.91 Å². The van der Waals surface area contributed by atoms with Gasteiger partial charge < -0.3 is 10.3 Å². The molecule has 2 N–H and O–H groups in total. The summed E-state index contributed by atoms with van der Waals surface area (Å²) < 4.78 is 6.62. The molecule has 3 atom stereocenters. The van der Waals surface area contributed by atoms with Gasteiger partial charge in [-0.1, -0.05) is 6.07 Å². The zero-order chi connectivity index (χ0) is 17.7. The van der Waals surface area contributed by atoms with Gasteiger partial charge in [-0.25, -0.2) is 4.37 Å². The number of hydrogen-bond acceptors (Lipinski definition) is 4. The Morgan fingerprint density at radius 2 is 1.96 bits per heavy atom. The maximum Gasteiger partial charge on any atom is 0.248 e. The van der Waals surface area contributed by atoms with Gasteiger partial charge in [-0.15, -0.1) is 0 Å². The molecule has 2 bridgehead atoms. The van der Waals surface area contributed by atoms with E-state index >= 15 is 0 Å². The van der Waals surface area contributed by atoms with E-state index in [9.17, 15) is 4.79 Å². The molecule has 2 aliphatic heterocycles. The van der Waals surface area contributed by atoms with Gasteiger partial charge in [0.15, 0.2) is 0 Å². The first-order valence-corrected chi connectivity index (χ1v) is 10.0. The third kappa shape index (κ3) is 2.64. The molecule has 5 rings (SSSR count). The Kier molecular flexibility index (Phi) is 3.83. The molecular weight excluding hydrogens is 344 g/mol. The van der Waals surface area contributed by atoms with Gasteiger partial charge in [0.25, 0.3) is 0 Å². The van der Waals surface area contributed by atoms with Crippen LogP contribution in [0.25, 0.3) is 10.9 Å². The van der Waals surface area contributed by atoms with Gasteiger partial charge >= 0.3 is 0 Å². The molecule has 0 spiro atoms. The Morgan fingerprint density at radius 1 is 1.15 bits per heavy atom. The van der Waals surface area contributed by atoms with Crippen LogP contribution in [0.1, 0.15) is 47.0 Å². The molecule has 4 heterocycles. The molecule has 2 aliphatic rings. The highest BCUT2D eigenvalue weighted by molar-refractivity contribution is 7.05. The number of fused-ring (bicyclic) bond motifs is 3. The van der Waals surface area contributed by atoms with Crippen molar-refractivity contribution >= 4 is 28.3 Å². The number of piperidine rings is 1. The average molecular weight is 366 g/mol. The van der Waals surface area contributed by atoms with Crippen molar-refractivity contribution in [1.82, 2.24) is 13.8 Å². The number of carbonyl (C=O) groups excluding carboxylic acids is 1. The van der Waals surface area contributed by atoms with Gasteiger partial charge in [0, 0.05) is 53.0 Å². The van der Waals surface area contributed by atoms with Crippen molar-refractivity contribution in [2.24, 2.45) is 5.73 Å². The summed E-state index contributed by atoms with van der Waals surface area (Å²) in [6.45, 7) is 1.03. The van der Waals surface area contributed by atoms with Crippen LogP contribution in [-0.4, -0.2) is 31.8 Å². The fourth-order valence-corrected chi connectivity index (χ4v) is 5.44. The third-order valence-electron chi connectivity index (χ3n) is 6.09. The molecule has 6 heteroatoms. The van der Waals surface area contributed by atoms with Crippen molar-refractivity contribution in [3.63, 3.8) is 0 Å². The summed E-state index contributed by atoms with van der Waals surface area (Å²) in [7, 11) is 0. The van der Waals surface area contributed by atoms with Crippen molar-refractivity contribution in [1.29, 1.82) is 0 Å². The second-order valence-corrected chi connectivity index (χ2v) is 8.44. The number of amides is 1. The molecule has 26 heavy (non-hydrogen) atoms. The molecule has 2 fully saturated rings. The SMILES string of the molecule is NC(=O)c1ccc2ccn(C3C[C@H]4CC[C@@H](C3)N4Cc3ccns3)c2c1. The van der Waals surface area contributed by atoms with Crippen LogP contribution in [0, 0.1) is 0 Å². The van der Waals surface area contributed by atoms with E-state index in [-0.39, 0.29) is 5.91 Å². The summed E-state index contributed by atoms with van der Waals surface area (Å²) in [5, 5.41) is 1.18. The van der Waals surface area contributed by atoms with Gasteiger partial charge in [0.1, 0.15) is 0 Å². The second-order valence-electron chi connectivity index (χ2n) is 7.52. The Morgan fingerprint density at radius 3 is 2.65 bits per heavy atom. The number of carbonyl (C=O) groups is 1. The van der Waals surface area contributed by atoms with E-state index in [1.807, 2.05) is 24.4 Å². The zero-order valence-corrected chi connectivity index (χ0v) is 15.4. The minimum Gasteiger partial charge on any atom is -0.366 e. The van der Waals surface area contributed by atoms with Gasteiger partial charge in [-0.05, 0) is 66.9 Å². The van der Waals surface area contributed by atoms with Crippen molar-refractivity contribution in [2.75, 3.05) is 0 Å². The quantitative estimate of drug-likeness (QED) is 0.768. The lowest BCUT2D eigenvalue weighted by atomic mass is 9.96. The monoisotopic (exact) mass is 366 g/mol. The van der Waals surface area contributed by atoms with Gasteiger partial charge in [-0.2, -0.15) is 0 Å². The molecule has 1 aromatic carbocycles. The van der Waals surface area contributed by atoms with Crippen molar-refractivity contribution in [3.05, 3.63) is 53.2 Å². The van der Waals surface area contributed by atoms with E-state index < -0.39 is 0 Å². The molecular formula is C20H22N4OS. The van der Waals surface area contributed by atoms with E-state index in [1.54, 1.807) is 11.5 Å². The van der Waals surface area contributed by atoms with E-state index in [2.05, 4.69) is 32.2 Å². The lowest BCUT2D eigenvalue weighted by Gasteiger charge is -2.39. The Bertz CT molecular complexity index is 934. The highest BCUT2D eigenvalue weighted by Gasteiger charge is 2.41. The summed E-state index contributed by atoms with van der Waals surface area (Å²) in [5.41, 5.74) is 7.19. The number of hydrogen-bond donors (Lipinski definition) is 1. The summed E-state index contributed by atoms with van der Waals surface area (Å²) in [6.07, 6.45) is 8.98. The largest absolute Gasteiger partial charge is 0.366 e. The maximum absolute atomic E-state index is 11.6. The Hall–Kier alpha value is -2.18. The molecule has 2 aromatic heterocycles. The second kappa shape index (κ2) is 6.21. The van der Waals surface area contributed by atoms with Crippen LogP contribution in [0.5, 0.6) is 0 Å². The molecule has 5 nitrogen and oxygen atoms in total. The summed E-state index contributed by atoms with van der Waals surface area (Å²) in [6, 6.07) is 11.8. The molecule has 0 radical (unpaired) electrons. The molecule has 0 aliphatic carbocycles. The minimum atomic E-state index is -0.362. The van der Waals surface area contributed by atoms with Crippen LogP contribution in [0.2, 0.25) is 0 Å². The van der Waals surface area contributed by atoms with E-state index in [0.717, 1.165) is 12.1 Å². The summed E-state index contributed by atoms with van der Waals surface area (Å²) >= 11 is 1.61. The van der Waals surface area contributed by atoms with Crippen molar-refractivity contribution in [2.45, 2.75) is 50.4 Å². The van der Waals surface area contributed by atoms with Crippen LogP contribution < -0.4 is 5.73 Å². The first-order chi connectivity index (χ1) is 12.7. The van der Waals surface area contributed by atoms with Crippen LogP contribution in [0.4, 0.5) is 0 Å². The lowest BCUT2D eigenvalue weighted by Crippen LogP contribution is -2.42. The summed E-state index contributed by atoms with van der Waals surface area (Å²) in [5.74, 6) is -0.362. The average Bonchev–Trinajstić information content (AvgIpc) is 3.34. The standard InChI is InChI=1S/C20H22N4OS/c21-20(25)14-2-1-13-6-8-23(19(13)9-14)17-10-15-3-4-16(11-17)24(15)12-18-5-7-22-26-18/h1-2,5-9,15-17H,3-4,10-12H2,(H2,21,25)/t15-,16+,17?. The summed E-state index contributed by atoms with van der Waals surface area (Å²) in [4.78, 5) is 15.6. The molecule has 0 saturated carbocycles. The molecule has 1 unspecified atom stereocenters. The third-order valence-corrected chi connectivity index (χ3v) is 6.82. The normalized spacial score (nSPS) is 25.8. The highest BCUT2D eigenvalue weighted by atomic mass is 32.1. The van der Waals surface area contributed by atoms with Gasteiger partial charge in [-0.3, -0.25) is 9.69 Å². The lowest BCUT2D eigenvalue weighted by molar-refractivity contribution is 0.0998. The fraction of sp³-hybridized carbons (Fsp3) is 0.400. The van der Waals surface area contributed by atoms with Crippen LogP contribution in [-0.2, 0) is 6.54 Å². The topological polar surface area (TPSA) is 64.2 Å².